The standard InChI is InChI=1S/C15H21N5/c1-4-7-13-18-14(15(16)20(13)9-6-3)12-10-17-11-19(12)8-5-2/h3,10-11H,4-5,7-9,16H2,1-2H3. The molecule has 0 radical (unpaired) electrons. The number of rotatable bonds is 6. The smallest absolute Gasteiger partial charge is 0.134 e. The number of nitrogens with two attached hydrogens (primary N) is 1. The number of terminal acetylenes is 1. The molecule has 0 aromatic carbocycles. The Kier molecular flexibility index (Phi) is 4.46. The largest absolute Gasteiger partial charge is 0.383 e. The number of nitrogens with zero attached hydrogens (tertiary/aromatic N) is 4. The fourth-order valence-electron chi connectivity index (χ4n) is 2.32. The van der Waals surface area contributed by atoms with Crippen LogP contribution in [0.2, 0.25) is 0 Å². The summed E-state index contributed by atoms with van der Waals surface area (Å²) >= 11 is 0. The van der Waals surface area contributed by atoms with E-state index in [0.29, 0.717) is 12.4 Å². The molecule has 0 aliphatic carbocycles. The summed E-state index contributed by atoms with van der Waals surface area (Å²) in [6, 6.07) is 0. The van der Waals surface area contributed by atoms with Crippen LogP contribution >= 0.6 is 0 Å². The molecule has 106 valence electrons. The molecule has 2 N–H and O–H groups in total. The number of hydrogen-bond donors (Lipinski definition) is 1. The first-order chi connectivity index (χ1) is 9.72. The molecule has 0 fully saturated rings. The van der Waals surface area contributed by atoms with E-state index in [4.69, 9.17) is 12.2 Å². The molecule has 2 heterocycles. The molecule has 2 aromatic rings. The molecule has 2 aromatic heterocycles. The molecule has 0 bridgehead atoms. The van der Waals surface area contributed by atoms with Crippen LogP contribution in [0.25, 0.3) is 11.4 Å². The third kappa shape index (κ3) is 2.55. The number of anilines is 1. The van der Waals surface area contributed by atoms with E-state index < -0.39 is 0 Å². The number of hydrogen-bond acceptors (Lipinski definition) is 3. The van der Waals surface area contributed by atoms with Gasteiger partial charge in [-0.25, -0.2) is 9.97 Å². The number of imidazole rings is 2. The van der Waals surface area contributed by atoms with Crippen LogP contribution in [0.3, 0.4) is 0 Å². The van der Waals surface area contributed by atoms with Gasteiger partial charge < -0.3 is 14.9 Å². The number of aryl methyl sites for hydroxylation is 2. The average Bonchev–Trinajstić information content (AvgIpc) is 2.99. The van der Waals surface area contributed by atoms with Crippen molar-refractivity contribution in [2.75, 3.05) is 5.73 Å². The highest BCUT2D eigenvalue weighted by Gasteiger charge is 2.17. The van der Waals surface area contributed by atoms with Crippen molar-refractivity contribution in [1.82, 2.24) is 19.1 Å². The molecule has 0 atom stereocenters. The van der Waals surface area contributed by atoms with E-state index in [-0.39, 0.29) is 0 Å². The van der Waals surface area contributed by atoms with Crippen molar-refractivity contribution in [1.29, 1.82) is 0 Å². The summed E-state index contributed by atoms with van der Waals surface area (Å²) in [5, 5.41) is 0. The molecule has 20 heavy (non-hydrogen) atoms. The molecule has 2 rings (SSSR count). The molecule has 0 unspecified atom stereocenters. The lowest BCUT2D eigenvalue weighted by Crippen LogP contribution is -2.06. The Labute approximate surface area is 119 Å². The molecule has 5 heteroatoms. The minimum absolute atomic E-state index is 0.454. The highest BCUT2D eigenvalue weighted by atomic mass is 15.2. The zero-order valence-corrected chi connectivity index (χ0v) is 12.1. The van der Waals surface area contributed by atoms with Gasteiger partial charge >= 0.3 is 0 Å². The summed E-state index contributed by atoms with van der Waals surface area (Å²) in [7, 11) is 0. The fraction of sp³-hybridized carbons (Fsp3) is 0.467. The highest BCUT2D eigenvalue weighted by molar-refractivity contribution is 5.68. The molecule has 0 spiro atoms. The number of aromatic nitrogens is 4. The molecular formula is C15H21N5. The van der Waals surface area contributed by atoms with Crippen molar-refractivity contribution < 1.29 is 0 Å². The second-order valence-electron chi connectivity index (χ2n) is 4.77. The van der Waals surface area contributed by atoms with Gasteiger partial charge in [-0.2, -0.15) is 0 Å². The molecule has 0 amide bonds. The predicted molar refractivity (Wildman–Crippen MR) is 81.0 cm³/mol. The van der Waals surface area contributed by atoms with E-state index in [0.717, 1.165) is 43.0 Å². The molecular weight excluding hydrogens is 250 g/mol. The first kappa shape index (κ1) is 14.2. The van der Waals surface area contributed by atoms with Crippen molar-refractivity contribution in [3.05, 3.63) is 18.3 Å². The molecule has 5 nitrogen and oxygen atoms in total. The van der Waals surface area contributed by atoms with E-state index in [1.54, 1.807) is 0 Å². The van der Waals surface area contributed by atoms with Crippen LogP contribution < -0.4 is 5.73 Å². The second-order valence-corrected chi connectivity index (χ2v) is 4.77. The zero-order valence-electron chi connectivity index (χ0n) is 12.1. The van der Waals surface area contributed by atoms with Gasteiger partial charge in [-0.1, -0.05) is 19.8 Å². The summed E-state index contributed by atoms with van der Waals surface area (Å²) in [5.74, 6) is 4.22. The van der Waals surface area contributed by atoms with Crippen LogP contribution in [-0.2, 0) is 19.5 Å². The summed E-state index contributed by atoms with van der Waals surface area (Å²) in [6.07, 6.45) is 12.0. The van der Waals surface area contributed by atoms with E-state index >= 15 is 0 Å². The predicted octanol–water partition coefficient (Wildman–Crippen LogP) is 2.32. The van der Waals surface area contributed by atoms with Gasteiger partial charge in [-0.3, -0.25) is 0 Å². The normalized spacial score (nSPS) is 10.7. The van der Waals surface area contributed by atoms with Gasteiger partial charge in [0, 0.05) is 13.0 Å². The van der Waals surface area contributed by atoms with Gasteiger partial charge in [0.1, 0.15) is 17.3 Å². The van der Waals surface area contributed by atoms with Crippen molar-refractivity contribution >= 4 is 5.82 Å². The van der Waals surface area contributed by atoms with Crippen LogP contribution in [-0.4, -0.2) is 19.1 Å². The second kappa shape index (κ2) is 6.29. The molecule has 0 saturated carbocycles. The summed E-state index contributed by atoms with van der Waals surface area (Å²) < 4.78 is 4.00. The Bertz CT molecular complexity index is 615. The van der Waals surface area contributed by atoms with E-state index in [1.165, 1.54) is 0 Å². The molecule has 0 saturated heterocycles. The van der Waals surface area contributed by atoms with Crippen LogP contribution in [0.1, 0.15) is 32.5 Å². The van der Waals surface area contributed by atoms with Gasteiger partial charge in [0.25, 0.3) is 0 Å². The van der Waals surface area contributed by atoms with Gasteiger partial charge in [0.05, 0.1) is 24.8 Å². The Balaban J connectivity index is 2.49. The van der Waals surface area contributed by atoms with Gasteiger partial charge in [0.2, 0.25) is 0 Å². The lowest BCUT2D eigenvalue weighted by atomic mass is 10.3. The van der Waals surface area contributed by atoms with Crippen LogP contribution in [0.4, 0.5) is 5.82 Å². The summed E-state index contributed by atoms with van der Waals surface area (Å²) in [5.41, 5.74) is 7.98. The van der Waals surface area contributed by atoms with E-state index in [1.807, 2.05) is 17.1 Å². The summed E-state index contributed by atoms with van der Waals surface area (Å²) in [6.45, 7) is 5.61. The minimum Gasteiger partial charge on any atom is -0.383 e. The highest BCUT2D eigenvalue weighted by Crippen LogP contribution is 2.27. The van der Waals surface area contributed by atoms with Crippen molar-refractivity contribution in [3.63, 3.8) is 0 Å². The van der Waals surface area contributed by atoms with Crippen LogP contribution in [0, 0.1) is 12.3 Å². The maximum Gasteiger partial charge on any atom is 0.134 e. The maximum atomic E-state index is 6.24. The molecule has 0 aliphatic rings. The van der Waals surface area contributed by atoms with E-state index in [9.17, 15) is 0 Å². The van der Waals surface area contributed by atoms with E-state index in [2.05, 4.69) is 34.3 Å². The van der Waals surface area contributed by atoms with Crippen LogP contribution in [0.5, 0.6) is 0 Å². The Morgan fingerprint density at radius 1 is 1.35 bits per heavy atom. The third-order valence-electron chi connectivity index (χ3n) is 3.23. The van der Waals surface area contributed by atoms with Gasteiger partial charge in [-0.15, -0.1) is 6.42 Å². The zero-order chi connectivity index (χ0) is 14.5. The lowest BCUT2D eigenvalue weighted by molar-refractivity contribution is 0.683. The van der Waals surface area contributed by atoms with Crippen molar-refractivity contribution in [2.24, 2.45) is 0 Å². The topological polar surface area (TPSA) is 61.7 Å². The minimum atomic E-state index is 0.454. The lowest BCUT2D eigenvalue weighted by Gasteiger charge is -2.06. The monoisotopic (exact) mass is 271 g/mol. The summed E-state index contributed by atoms with van der Waals surface area (Å²) in [4.78, 5) is 8.89. The third-order valence-corrected chi connectivity index (χ3v) is 3.23. The average molecular weight is 271 g/mol. The van der Waals surface area contributed by atoms with Crippen molar-refractivity contribution in [3.8, 4) is 23.7 Å². The van der Waals surface area contributed by atoms with Gasteiger partial charge in [0.15, 0.2) is 0 Å². The Morgan fingerprint density at radius 2 is 2.15 bits per heavy atom. The molecule has 0 aliphatic heterocycles. The van der Waals surface area contributed by atoms with Gasteiger partial charge in [-0.05, 0) is 12.8 Å². The van der Waals surface area contributed by atoms with Crippen molar-refractivity contribution in [2.45, 2.75) is 46.2 Å². The maximum absolute atomic E-state index is 6.24. The quantitative estimate of drug-likeness (QED) is 0.820. The first-order valence-electron chi connectivity index (χ1n) is 7.01. The SMILES string of the molecule is C#CCn1c(CCC)nc(-c2cncn2CCC)c1N. The Hall–Kier alpha value is -2.22. The Morgan fingerprint density at radius 3 is 2.80 bits per heavy atom. The first-order valence-corrected chi connectivity index (χ1v) is 7.01. The number of nitrogen functional groups attached to an aromatic ring is 1. The van der Waals surface area contributed by atoms with Crippen LogP contribution in [0.15, 0.2) is 12.5 Å². The fourth-order valence-corrected chi connectivity index (χ4v) is 2.32.